The van der Waals surface area contributed by atoms with Gasteiger partial charge in [-0.1, -0.05) is 11.3 Å². The first-order valence-electron chi connectivity index (χ1n) is 6.03. The minimum atomic E-state index is -2.95. The second kappa shape index (κ2) is 4.31. The van der Waals surface area contributed by atoms with Crippen LogP contribution in [0.4, 0.5) is 8.78 Å². The summed E-state index contributed by atoms with van der Waals surface area (Å²) in [6, 6.07) is 1.86. The molecular formula is C13H12F2N4S. The average molecular weight is 294 g/mol. The van der Waals surface area contributed by atoms with Gasteiger partial charge in [-0.15, -0.1) is 0 Å². The molecule has 7 heteroatoms. The zero-order chi connectivity index (χ0) is 14.5. The van der Waals surface area contributed by atoms with E-state index in [1.165, 1.54) is 11.3 Å². The number of nitrogens with zero attached hydrogens (tertiary/aromatic N) is 4. The number of fused-ring (bicyclic) bond motifs is 1. The van der Waals surface area contributed by atoms with Crippen molar-refractivity contribution in [1.82, 2.24) is 19.7 Å². The number of hydrogen-bond donors (Lipinski definition) is 0. The Morgan fingerprint density at radius 2 is 2.00 bits per heavy atom. The predicted octanol–water partition coefficient (Wildman–Crippen LogP) is 3.61. The Labute approximate surface area is 118 Å². The Morgan fingerprint density at radius 1 is 1.25 bits per heavy atom. The van der Waals surface area contributed by atoms with Crippen LogP contribution in [-0.4, -0.2) is 19.7 Å². The van der Waals surface area contributed by atoms with E-state index in [0.29, 0.717) is 10.0 Å². The zero-order valence-electron chi connectivity index (χ0n) is 11.2. The summed E-state index contributed by atoms with van der Waals surface area (Å²) in [5.41, 5.74) is 1.47. The lowest BCUT2D eigenvalue weighted by molar-refractivity contribution is 0.0128. The minimum Gasteiger partial charge on any atom is -0.261 e. The molecule has 0 spiro atoms. The SMILES string of the molecule is Cc1cc2c(cn1)cnn2-c1nc(C(C)(F)F)c(C)s1. The van der Waals surface area contributed by atoms with Crippen molar-refractivity contribution in [2.24, 2.45) is 0 Å². The van der Waals surface area contributed by atoms with Gasteiger partial charge in [-0.25, -0.2) is 9.67 Å². The van der Waals surface area contributed by atoms with Crippen molar-refractivity contribution in [3.63, 3.8) is 0 Å². The third-order valence-electron chi connectivity index (χ3n) is 2.97. The van der Waals surface area contributed by atoms with Crippen LogP contribution in [0.15, 0.2) is 18.5 Å². The van der Waals surface area contributed by atoms with Gasteiger partial charge in [0, 0.05) is 29.1 Å². The van der Waals surface area contributed by atoms with Crippen molar-refractivity contribution in [2.75, 3.05) is 0 Å². The summed E-state index contributed by atoms with van der Waals surface area (Å²) in [6.45, 7) is 4.37. The fraction of sp³-hybridized carbons (Fsp3) is 0.308. The normalized spacial score (nSPS) is 12.2. The lowest BCUT2D eigenvalue weighted by atomic mass is 10.2. The molecule has 3 aromatic heterocycles. The second-order valence-corrected chi connectivity index (χ2v) is 5.91. The monoisotopic (exact) mass is 294 g/mol. The molecule has 0 fully saturated rings. The van der Waals surface area contributed by atoms with Gasteiger partial charge >= 0.3 is 0 Å². The summed E-state index contributed by atoms with van der Waals surface area (Å²) < 4.78 is 28.5. The molecule has 0 aliphatic rings. The average Bonchev–Trinajstić information content (AvgIpc) is 2.91. The van der Waals surface area contributed by atoms with E-state index in [9.17, 15) is 8.78 Å². The Kier molecular flexibility index (Phi) is 2.82. The van der Waals surface area contributed by atoms with Crippen molar-refractivity contribution in [3.05, 3.63) is 34.7 Å². The number of pyridine rings is 1. The minimum absolute atomic E-state index is 0.188. The van der Waals surface area contributed by atoms with E-state index in [1.807, 2.05) is 13.0 Å². The van der Waals surface area contributed by atoms with Gasteiger partial charge in [0.15, 0.2) is 0 Å². The van der Waals surface area contributed by atoms with Gasteiger partial charge in [0.1, 0.15) is 5.69 Å². The maximum atomic E-state index is 13.5. The molecule has 0 atom stereocenters. The van der Waals surface area contributed by atoms with Crippen LogP contribution >= 0.6 is 11.3 Å². The highest BCUT2D eigenvalue weighted by Gasteiger charge is 2.31. The molecular weight excluding hydrogens is 282 g/mol. The molecule has 104 valence electrons. The van der Waals surface area contributed by atoms with Crippen molar-refractivity contribution < 1.29 is 8.78 Å². The number of alkyl halides is 2. The Balaban J connectivity index is 2.19. The number of aromatic nitrogens is 4. The fourth-order valence-corrected chi connectivity index (χ4v) is 3.02. The fourth-order valence-electron chi connectivity index (χ4n) is 2.05. The molecule has 0 amide bonds. The Bertz CT molecular complexity index is 785. The van der Waals surface area contributed by atoms with Gasteiger partial charge in [0.2, 0.25) is 5.13 Å². The van der Waals surface area contributed by atoms with Crippen LogP contribution in [0.2, 0.25) is 0 Å². The van der Waals surface area contributed by atoms with Crippen molar-refractivity contribution in [1.29, 1.82) is 0 Å². The summed E-state index contributed by atoms with van der Waals surface area (Å²) in [5, 5.41) is 5.52. The number of aryl methyl sites for hydroxylation is 2. The van der Waals surface area contributed by atoms with Gasteiger partial charge in [-0.3, -0.25) is 4.98 Å². The van der Waals surface area contributed by atoms with Crippen molar-refractivity contribution >= 4 is 22.2 Å². The first-order valence-corrected chi connectivity index (χ1v) is 6.84. The van der Waals surface area contributed by atoms with E-state index in [1.54, 1.807) is 24.0 Å². The largest absolute Gasteiger partial charge is 0.288 e. The quantitative estimate of drug-likeness (QED) is 0.725. The van der Waals surface area contributed by atoms with Gasteiger partial charge in [0.05, 0.1) is 11.7 Å². The van der Waals surface area contributed by atoms with Gasteiger partial charge in [-0.2, -0.15) is 13.9 Å². The molecule has 4 nitrogen and oxygen atoms in total. The van der Waals surface area contributed by atoms with Crippen LogP contribution in [-0.2, 0) is 5.92 Å². The molecule has 0 aromatic carbocycles. The molecule has 0 bridgehead atoms. The second-order valence-electron chi connectivity index (χ2n) is 4.73. The molecule has 3 rings (SSSR count). The van der Waals surface area contributed by atoms with Gasteiger partial charge in [0.25, 0.3) is 5.92 Å². The third-order valence-corrected chi connectivity index (χ3v) is 3.92. The van der Waals surface area contributed by atoms with Crippen molar-refractivity contribution in [3.8, 4) is 5.13 Å². The number of halogens is 2. The number of hydrogen-bond acceptors (Lipinski definition) is 4. The molecule has 0 radical (unpaired) electrons. The Hall–Kier alpha value is -1.89. The lowest BCUT2D eigenvalue weighted by Gasteiger charge is -2.06. The third kappa shape index (κ3) is 2.07. The van der Waals surface area contributed by atoms with Crippen LogP contribution in [0.5, 0.6) is 0 Å². The zero-order valence-corrected chi connectivity index (χ0v) is 12.0. The molecule has 0 saturated carbocycles. The van der Waals surface area contributed by atoms with E-state index in [4.69, 9.17) is 0 Å². The van der Waals surface area contributed by atoms with E-state index in [2.05, 4.69) is 15.1 Å². The van der Waals surface area contributed by atoms with E-state index < -0.39 is 5.92 Å². The van der Waals surface area contributed by atoms with Crippen LogP contribution in [0.3, 0.4) is 0 Å². The highest BCUT2D eigenvalue weighted by atomic mass is 32.1. The molecule has 3 heterocycles. The van der Waals surface area contributed by atoms with Crippen LogP contribution < -0.4 is 0 Å². The summed E-state index contributed by atoms with van der Waals surface area (Å²) in [7, 11) is 0. The highest BCUT2D eigenvalue weighted by Crippen LogP contribution is 2.34. The van der Waals surface area contributed by atoms with E-state index in [-0.39, 0.29) is 5.69 Å². The summed E-state index contributed by atoms with van der Waals surface area (Å²) in [4.78, 5) is 8.74. The van der Waals surface area contributed by atoms with Crippen LogP contribution in [0.1, 0.15) is 23.2 Å². The molecule has 3 aromatic rings. The smallest absolute Gasteiger partial charge is 0.261 e. The maximum absolute atomic E-state index is 13.5. The lowest BCUT2D eigenvalue weighted by Crippen LogP contribution is -2.09. The van der Waals surface area contributed by atoms with E-state index in [0.717, 1.165) is 23.5 Å². The Morgan fingerprint density at radius 3 is 2.65 bits per heavy atom. The molecule has 0 aliphatic carbocycles. The molecule has 0 N–H and O–H groups in total. The van der Waals surface area contributed by atoms with Crippen LogP contribution in [0, 0.1) is 13.8 Å². The summed E-state index contributed by atoms with van der Waals surface area (Å²) in [6.07, 6.45) is 3.37. The standard InChI is InChI=1S/C13H12F2N4S/c1-7-4-10-9(5-16-7)6-17-19(10)12-18-11(8(2)20-12)13(3,14)15/h4-6H,1-3H3. The predicted molar refractivity (Wildman–Crippen MR) is 73.6 cm³/mol. The number of rotatable bonds is 2. The highest BCUT2D eigenvalue weighted by molar-refractivity contribution is 7.14. The molecule has 0 saturated heterocycles. The van der Waals surface area contributed by atoms with Gasteiger partial charge < -0.3 is 0 Å². The number of thiazole rings is 1. The molecule has 0 aliphatic heterocycles. The first kappa shape index (κ1) is 13.1. The maximum Gasteiger partial charge on any atom is 0.288 e. The van der Waals surface area contributed by atoms with Gasteiger partial charge in [-0.05, 0) is 19.9 Å². The summed E-state index contributed by atoms with van der Waals surface area (Å²) in [5.74, 6) is -2.95. The molecule has 0 unspecified atom stereocenters. The summed E-state index contributed by atoms with van der Waals surface area (Å²) >= 11 is 1.21. The van der Waals surface area contributed by atoms with Crippen molar-refractivity contribution in [2.45, 2.75) is 26.7 Å². The topological polar surface area (TPSA) is 43.6 Å². The van der Waals surface area contributed by atoms with E-state index >= 15 is 0 Å². The van der Waals surface area contributed by atoms with Crippen LogP contribution in [0.25, 0.3) is 16.0 Å². The first-order chi connectivity index (χ1) is 9.36. The molecule has 20 heavy (non-hydrogen) atoms.